The van der Waals surface area contributed by atoms with E-state index in [1.165, 1.54) is 0 Å². The normalized spacial score (nSPS) is 17.0. The van der Waals surface area contributed by atoms with Crippen molar-refractivity contribution in [3.8, 4) is 5.75 Å². The number of hydrogen-bond acceptors (Lipinski definition) is 5. The summed E-state index contributed by atoms with van der Waals surface area (Å²) >= 11 is 0. The minimum Gasteiger partial charge on any atom is -0.484 e. The molecule has 0 saturated carbocycles. The lowest BCUT2D eigenvalue weighted by Gasteiger charge is -2.33. The van der Waals surface area contributed by atoms with Gasteiger partial charge in [-0.2, -0.15) is 0 Å². The van der Waals surface area contributed by atoms with Crippen LogP contribution < -0.4 is 4.74 Å². The van der Waals surface area contributed by atoms with Crippen LogP contribution in [0.4, 0.5) is 0 Å². The Morgan fingerprint density at radius 2 is 2.04 bits per heavy atom. The molecule has 0 fully saturated rings. The number of aromatic nitrogens is 3. The van der Waals surface area contributed by atoms with Crippen LogP contribution in [0.2, 0.25) is 0 Å². The number of ether oxygens (including phenoxy) is 2. The number of hydrogen-bond donors (Lipinski definition) is 0. The number of carbonyl (C=O) groups is 1. The first-order valence-corrected chi connectivity index (χ1v) is 7.59. The molecule has 1 atom stereocenters. The lowest BCUT2D eigenvalue weighted by atomic mass is 10.2. The summed E-state index contributed by atoms with van der Waals surface area (Å²) in [4.78, 5) is 14.2. The fraction of sp³-hybridized carbons (Fsp3) is 0.438. The van der Waals surface area contributed by atoms with Crippen molar-refractivity contribution in [2.75, 3.05) is 20.3 Å². The Kier molecular flexibility index (Phi) is 4.57. The quantitative estimate of drug-likeness (QED) is 0.834. The predicted molar refractivity (Wildman–Crippen MR) is 82.8 cm³/mol. The first kappa shape index (κ1) is 15.5. The molecule has 0 unspecified atom stereocenters. The van der Waals surface area contributed by atoms with E-state index >= 15 is 0 Å². The van der Waals surface area contributed by atoms with E-state index in [0.717, 1.165) is 11.6 Å². The minimum absolute atomic E-state index is 0.0212. The molecule has 1 aromatic carbocycles. The number of para-hydroxylation sites is 1. The Morgan fingerprint density at radius 3 is 2.78 bits per heavy atom. The highest BCUT2D eigenvalue weighted by Gasteiger charge is 2.31. The number of amides is 1. The van der Waals surface area contributed by atoms with Crippen molar-refractivity contribution in [2.24, 2.45) is 0 Å². The molecule has 7 nitrogen and oxygen atoms in total. The number of rotatable bonds is 5. The SMILES string of the molecule is COCc1nnc2n1CCN(C(=O)COc1ccccc1)[C@H]2C. The summed E-state index contributed by atoms with van der Waals surface area (Å²) in [6.45, 7) is 3.68. The summed E-state index contributed by atoms with van der Waals surface area (Å²) in [5.41, 5.74) is 0. The molecule has 2 aromatic rings. The van der Waals surface area contributed by atoms with E-state index in [9.17, 15) is 4.79 Å². The van der Waals surface area contributed by atoms with Gasteiger partial charge in [0.25, 0.3) is 5.91 Å². The summed E-state index contributed by atoms with van der Waals surface area (Å²) in [5, 5.41) is 8.35. The van der Waals surface area contributed by atoms with Crippen molar-refractivity contribution in [2.45, 2.75) is 26.1 Å². The Labute approximate surface area is 134 Å². The Balaban J connectivity index is 1.66. The zero-order valence-electron chi connectivity index (χ0n) is 13.3. The maximum Gasteiger partial charge on any atom is 0.261 e. The van der Waals surface area contributed by atoms with Crippen molar-refractivity contribution in [1.29, 1.82) is 0 Å². The summed E-state index contributed by atoms with van der Waals surface area (Å²) in [5.74, 6) is 2.22. The lowest BCUT2D eigenvalue weighted by molar-refractivity contribution is -0.136. The van der Waals surface area contributed by atoms with E-state index in [2.05, 4.69) is 10.2 Å². The highest BCUT2D eigenvalue weighted by Crippen LogP contribution is 2.24. The monoisotopic (exact) mass is 316 g/mol. The second kappa shape index (κ2) is 6.78. The molecule has 0 radical (unpaired) electrons. The van der Waals surface area contributed by atoms with Crippen LogP contribution in [-0.4, -0.2) is 45.8 Å². The molecular weight excluding hydrogens is 296 g/mol. The van der Waals surface area contributed by atoms with Gasteiger partial charge in [0.15, 0.2) is 18.3 Å². The molecule has 3 rings (SSSR count). The molecule has 1 amide bonds. The third-order valence-electron chi connectivity index (χ3n) is 3.96. The molecule has 23 heavy (non-hydrogen) atoms. The molecule has 1 aromatic heterocycles. The van der Waals surface area contributed by atoms with E-state index in [1.807, 2.05) is 41.8 Å². The maximum atomic E-state index is 12.4. The Hall–Kier alpha value is -2.41. The Bertz CT molecular complexity index is 671. The average molecular weight is 316 g/mol. The van der Waals surface area contributed by atoms with Gasteiger partial charge in [0.05, 0.1) is 6.04 Å². The van der Waals surface area contributed by atoms with Crippen molar-refractivity contribution in [3.05, 3.63) is 42.0 Å². The largest absolute Gasteiger partial charge is 0.484 e. The van der Waals surface area contributed by atoms with Gasteiger partial charge in [0.2, 0.25) is 0 Å². The molecule has 0 spiro atoms. The molecule has 0 saturated heterocycles. The molecular formula is C16H20N4O3. The predicted octanol–water partition coefficient (Wildman–Crippen LogP) is 1.41. The highest BCUT2D eigenvalue weighted by atomic mass is 16.5. The van der Waals surface area contributed by atoms with Crippen LogP contribution >= 0.6 is 0 Å². The van der Waals surface area contributed by atoms with E-state index in [-0.39, 0.29) is 18.6 Å². The van der Waals surface area contributed by atoms with Crippen LogP contribution in [0.5, 0.6) is 5.75 Å². The van der Waals surface area contributed by atoms with Gasteiger partial charge < -0.3 is 18.9 Å². The summed E-state index contributed by atoms with van der Waals surface area (Å²) in [7, 11) is 1.63. The van der Waals surface area contributed by atoms with Gasteiger partial charge in [-0.3, -0.25) is 4.79 Å². The molecule has 2 heterocycles. The van der Waals surface area contributed by atoms with Crippen LogP contribution in [0.25, 0.3) is 0 Å². The van der Waals surface area contributed by atoms with Gasteiger partial charge in [-0.15, -0.1) is 10.2 Å². The summed E-state index contributed by atoms with van der Waals surface area (Å²) < 4.78 is 12.7. The second-order valence-corrected chi connectivity index (χ2v) is 5.42. The molecule has 0 aliphatic carbocycles. The van der Waals surface area contributed by atoms with E-state index in [1.54, 1.807) is 12.0 Å². The van der Waals surface area contributed by atoms with Crippen LogP contribution in [0.15, 0.2) is 30.3 Å². The van der Waals surface area contributed by atoms with Crippen molar-refractivity contribution >= 4 is 5.91 Å². The number of carbonyl (C=O) groups excluding carboxylic acids is 1. The number of methoxy groups -OCH3 is 1. The third kappa shape index (κ3) is 3.19. The molecule has 1 aliphatic heterocycles. The average Bonchev–Trinajstić information content (AvgIpc) is 2.98. The molecule has 122 valence electrons. The van der Waals surface area contributed by atoms with Gasteiger partial charge in [0.1, 0.15) is 12.4 Å². The van der Waals surface area contributed by atoms with Gasteiger partial charge in [-0.05, 0) is 19.1 Å². The van der Waals surface area contributed by atoms with Crippen molar-refractivity contribution in [3.63, 3.8) is 0 Å². The van der Waals surface area contributed by atoms with Gasteiger partial charge in [-0.1, -0.05) is 18.2 Å². The fourth-order valence-electron chi connectivity index (χ4n) is 2.76. The summed E-state index contributed by atoms with van der Waals surface area (Å²) in [6, 6.07) is 9.20. The lowest BCUT2D eigenvalue weighted by Crippen LogP contribution is -2.43. The van der Waals surface area contributed by atoms with Crippen LogP contribution in [0.1, 0.15) is 24.6 Å². The smallest absolute Gasteiger partial charge is 0.261 e. The zero-order valence-corrected chi connectivity index (χ0v) is 13.3. The van der Waals surface area contributed by atoms with E-state index in [0.29, 0.717) is 25.4 Å². The highest BCUT2D eigenvalue weighted by molar-refractivity contribution is 5.78. The molecule has 0 bridgehead atoms. The van der Waals surface area contributed by atoms with Gasteiger partial charge in [-0.25, -0.2) is 0 Å². The van der Waals surface area contributed by atoms with Crippen LogP contribution in [-0.2, 0) is 22.7 Å². The van der Waals surface area contributed by atoms with Gasteiger partial charge >= 0.3 is 0 Å². The third-order valence-corrected chi connectivity index (χ3v) is 3.96. The zero-order chi connectivity index (χ0) is 16.2. The van der Waals surface area contributed by atoms with Crippen LogP contribution in [0, 0.1) is 0 Å². The van der Waals surface area contributed by atoms with Crippen molar-refractivity contribution in [1.82, 2.24) is 19.7 Å². The fourth-order valence-corrected chi connectivity index (χ4v) is 2.76. The molecule has 7 heteroatoms. The van der Waals surface area contributed by atoms with Crippen molar-refractivity contribution < 1.29 is 14.3 Å². The van der Waals surface area contributed by atoms with E-state index in [4.69, 9.17) is 9.47 Å². The first-order valence-electron chi connectivity index (χ1n) is 7.59. The van der Waals surface area contributed by atoms with Gasteiger partial charge in [0, 0.05) is 20.2 Å². The van der Waals surface area contributed by atoms with E-state index < -0.39 is 0 Å². The number of benzene rings is 1. The molecule has 1 aliphatic rings. The van der Waals surface area contributed by atoms with Crippen LogP contribution in [0.3, 0.4) is 0 Å². The molecule has 0 N–H and O–H groups in total. The Morgan fingerprint density at radius 1 is 1.26 bits per heavy atom. The maximum absolute atomic E-state index is 12.4. The standard InChI is InChI=1S/C16H20N4O3/c1-12-16-18-17-14(10-22-2)20(16)9-8-19(12)15(21)11-23-13-6-4-3-5-7-13/h3-7,12H,8-11H2,1-2H3/t12-/m0/s1. The summed E-state index contributed by atoms with van der Waals surface area (Å²) in [6.07, 6.45) is 0. The topological polar surface area (TPSA) is 69.5 Å². The minimum atomic E-state index is -0.131. The number of fused-ring (bicyclic) bond motifs is 1. The second-order valence-electron chi connectivity index (χ2n) is 5.42. The first-order chi connectivity index (χ1) is 11.2. The number of nitrogens with zero attached hydrogens (tertiary/aromatic N) is 4.